The number of nitrogens with zero attached hydrogens (tertiary/aromatic N) is 1. The van der Waals surface area contributed by atoms with Crippen LogP contribution in [0.1, 0.15) is 13.8 Å². The van der Waals surface area contributed by atoms with Gasteiger partial charge in [0.25, 0.3) is 0 Å². The molecule has 1 amide bonds. The molecule has 1 aromatic carbocycles. The Hall–Kier alpha value is -1.59. The van der Waals surface area contributed by atoms with E-state index in [0.29, 0.717) is 13.2 Å². The lowest BCUT2D eigenvalue weighted by molar-refractivity contribution is -0.120. The van der Waals surface area contributed by atoms with E-state index in [9.17, 15) is 4.79 Å². The number of ether oxygens (including phenoxy) is 1. The molecule has 0 saturated carbocycles. The second kappa shape index (κ2) is 8.64. The Morgan fingerprint density at radius 2 is 1.90 bits per heavy atom. The smallest absolute Gasteiger partial charge is 0.229 e. The molecule has 0 aromatic heterocycles. The number of carbonyl (C=O) groups is 1. The monoisotopic (exact) mass is 293 g/mol. The van der Waals surface area contributed by atoms with Crippen LogP contribution in [0.2, 0.25) is 0 Å². The van der Waals surface area contributed by atoms with Crippen molar-refractivity contribution in [3.05, 3.63) is 24.3 Å². The van der Waals surface area contributed by atoms with E-state index in [1.54, 1.807) is 0 Å². The fraction of sp³-hybridized carbons (Fsp3) is 0.562. The van der Waals surface area contributed by atoms with Gasteiger partial charge in [0.2, 0.25) is 5.91 Å². The van der Waals surface area contributed by atoms with Crippen LogP contribution in [0.4, 0.5) is 5.69 Å². The molecule has 0 aliphatic rings. The minimum atomic E-state index is -0.166. The number of benzene rings is 1. The lowest BCUT2D eigenvalue weighted by atomic mass is 9.95. The highest BCUT2D eigenvalue weighted by Gasteiger charge is 2.20. The van der Waals surface area contributed by atoms with Crippen LogP contribution in [-0.4, -0.2) is 44.6 Å². The lowest BCUT2D eigenvalue weighted by Crippen LogP contribution is -2.33. The average Bonchev–Trinajstić information content (AvgIpc) is 2.40. The Morgan fingerprint density at radius 3 is 2.38 bits per heavy atom. The molecule has 118 valence electrons. The van der Waals surface area contributed by atoms with Gasteiger partial charge in [-0.25, -0.2) is 0 Å². The van der Waals surface area contributed by atoms with Gasteiger partial charge in [-0.15, -0.1) is 0 Å². The van der Waals surface area contributed by atoms with E-state index < -0.39 is 0 Å². The van der Waals surface area contributed by atoms with Crippen molar-refractivity contribution in [2.75, 3.05) is 39.1 Å². The summed E-state index contributed by atoms with van der Waals surface area (Å²) >= 11 is 0. The fourth-order valence-electron chi connectivity index (χ4n) is 1.90. The third-order valence-corrected chi connectivity index (χ3v) is 3.32. The van der Waals surface area contributed by atoms with Crippen molar-refractivity contribution in [2.24, 2.45) is 17.6 Å². The molecular formula is C16H27N3O2. The average molecular weight is 293 g/mol. The van der Waals surface area contributed by atoms with Crippen LogP contribution < -0.4 is 15.8 Å². The van der Waals surface area contributed by atoms with Crippen LogP contribution in [0.15, 0.2) is 24.3 Å². The first kappa shape index (κ1) is 17.5. The van der Waals surface area contributed by atoms with Gasteiger partial charge in [-0.1, -0.05) is 13.8 Å². The Morgan fingerprint density at radius 1 is 1.29 bits per heavy atom. The summed E-state index contributed by atoms with van der Waals surface area (Å²) < 4.78 is 5.61. The van der Waals surface area contributed by atoms with Gasteiger partial charge < -0.3 is 20.7 Å². The summed E-state index contributed by atoms with van der Waals surface area (Å²) in [5.74, 6) is 0.826. The van der Waals surface area contributed by atoms with Gasteiger partial charge in [-0.05, 0) is 44.3 Å². The van der Waals surface area contributed by atoms with Crippen LogP contribution in [0.3, 0.4) is 0 Å². The van der Waals surface area contributed by atoms with Gasteiger partial charge >= 0.3 is 0 Å². The fourth-order valence-corrected chi connectivity index (χ4v) is 1.90. The molecular weight excluding hydrogens is 266 g/mol. The van der Waals surface area contributed by atoms with Crippen molar-refractivity contribution < 1.29 is 9.53 Å². The van der Waals surface area contributed by atoms with Crippen molar-refractivity contribution in [3.8, 4) is 5.75 Å². The largest absolute Gasteiger partial charge is 0.492 e. The molecule has 0 spiro atoms. The van der Waals surface area contributed by atoms with Crippen molar-refractivity contribution in [3.63, 3.8) is 0 Å². The first-order valence-electron chi connectivity index (χ1n) is 7.32. The Balaban J connectivity index is 2.52. The summed E-state index contributed by atoms with van der Waals surface area (Å²) in [6.45, 7) is 5.86. The van der Waals surface area contributed by atoms with Crippen LogP contribution in [-0.2, 0) is 4.79 Å². The maximum Gasteiger partial charge on any atom is 0.229 e. The molecule has 0 bridgehead atoms. The van der Waals surface area contributed by atoms with Crippen molar-refractivity contribution in [2.45, 2.75) is 13.8 Å². The van der Waals surface area contributed by atoms with Gasteiger partial charge in [0.1, 0.15) is 12.4 Å². The van der Waals surface area contributed by atoms with E-state index in [-0.39, 0.29) is 17.7 Å². The highest BCUT2D eigenvalue weighted by Crippen LogP contribution is 2.18. The number of hydrogen-bond acceptors (Lipinski definition) is 4. The summed E-state index contributed by atoms with van der Waals surface area (Å²) in [5.41, 5.74) is 6.41. The van der Waals surface area contributed by atoms with Crippen LogP contribution in [0, 0.1) is 11.8 Å². The standard InChI is InChI=1S/C16H27N3O2/c1-12(2)15(11-17)16(20)18-13-5-7-14(8-6-13)21-10-9-19(3)4/h5-8,12,15H,9-11,17H2,1-4H3,(H,18,20). The van der Waals surface area contributed by atoms with E-state index in [1.165, 1.54) is 0 Å². The molecule has 0 radical (unpaired) electrons. The highest BCUT2D eigenvalue weighted by molar-refractivity contribution is 5.92. The Bertz CT molecular complexity index is 430. The van der Waals surface area contributed by atoms with Crippen molar-refractivity contribution >= 4 is 11.6 Å². The van der Waals surface area contributed by atoms with E-state index in [2.05, 4.69) is 10.2 Å². The number of rotatable bonds is 8. The molecule has 21 heavy (non-hydrogen) atoms. The molecule has 5 nitrogen and oxygen atoms in total. The van der Waals surface area contributed by atoms with Gasteiger partial charge in [-0.2, -0.15) is 0 Å². The molecule has 1 aromatic rings. The molecule has 5 heteroatoms. The van der Waals surface area contributed by atoms with Gasteiger partial charge in [-0.3, -0.25) is 4.79 Å². The first-order valence-corrected chi connectivity index (χ1v) is 7.32. The molecule has 0 fully saturated rings. The molecule has 0 saturated heterocycles. The summed E-state index contributed by atoms with van der Waals surface area (Å²) in [6.07, 6.45) is 0. The predicted octanol–water partition coefficient (Wildman–Crippen LogP) is 1.80. The van der Waals surface area contributed by atoms with E-state index in [4.69, 9.17) is 10.5 Å². The normalized spacial score (nSPS) is 12.5. The molecule has 0 aliphatic carbocycles. The summed E-state index contributed by atoms with van der Waals surface area (Å²) in [7, 11) is 4.01. The SMILES string of the molecule is CC(C)C(CN)C(=O)Nc1ccc(OCCN(C)C)cc1. The molecule has 0 heterocycles. The summed E-state index contributed by atoms with van der Waals surface area (Å²) in [5, 5.41) is 2.89. The van der Waals surface area contributed by atoms with Crippen LogP contribution >= 0.6 is 0 Å². The maximum absolute atomic E-state index is 12.1. The number of hydrogen-bond donors (Lipinski definition) is 2. The van der Waals surface area contributed by atoms with Crippen LogP contribution in [0.5, 0.6) is 5.75 Å². The minimum absolute atomic E-state index is 0.0335. The number of carbonyl (C=O) groups excluding carboxylic acids is 1. The number of nitrogens with two attached hydrogens (primary N) is 1. The third-order valence-electron chi connectivity index (χ3n) is 3.32. The highest BCUT2D eigenvalue weighted by atomic mass is 16.5. The maximum atomic E-state index is 12.1. The summed E-state index contributed by atoms with van der Waals surface area (Å²) in [4.78, 5) is 14.2. The molecule has 3 N–H and O–H groups in total. The molecule has 1 rings (SSSR count). The zero-order chi connectivity index (χ0) is 15.8. The number of amides is 1. The van der Waals surface area contributed by atoms with Crippen LogP contribution in [0.25, 0.3) is 0 Å². The zero-order valence-corrected chi connectivity index (χ0v) is 13.4. The number of nitrogens with one attached hydrogen (secondary N) is 1. The topological polar surface area (TPSA) is 67.6 Å². The predicted molar refractivity (Wildman–Crippen MR) is 86.5 cm³/mol. The quantitative estimate of drug-likeness (QED) is 0.767. The summed E-state index contributed by atoms with van der Waals surface area (Å²) in [6, 6.07) is 7.41. The van der Waals surface area contributed by atoms with Crippen molar-refractivity contribution in [1.29, 1.82) is 0 Å². The first-order chi connectivity index (χ1) is 9.93. The molecule has 1 atom stereocenters. The van der Waals surface area contributed by atoms with E-state index in [0.717, 1.165) is 18.0 Å². The number of anilines is 1. The Labute approximate surface area is 127 Å². The molecule has 1 unspecified atom stereocenters. The van der Waals surface area contributed by atoms with E-state index >= 15 is 0 Å². The second-order valence-corrected chi connectivity index (χ2v) is 5.75. The number of likely N-dealkylation sites (N-methyl/N-ethyl adjacent to an activating group) is 1. The minimum Gasteiger partial charge on any atom is -0.492 e. The molecule has 0 aliphatic heterocycles. The second-order valence-electron chi connectivity index (χ2n) is 5.75. The van der Waals surface area contributed by atoms with Crippen molar-refractivity contribution in [1.82, 2.24) is 4.90 Å². The third kappa shape index (κ3) is 6.14. The zero-order valence-electron chi connectivity index (χ0n) is 13.4. The van der Waals surface area contributed by atoms with E-state index in [1.807, 2.05) is 52.2 Å². The van der Waals surface area contributed by atoms with Gasteiger partial charge in [0.05, 0.1) is 5.92 Å². The van der Waals surface area contributed by atoms with Gasteiger partial charge in [0.15, 0.2) is 0 Å². The lowest BCUT2D eigenvalue weighted by Gasteiger charge is -2.18. The van der Waals surface area contributed by atoms with Gasteiger partial charge in [0, 0.05) is 18.8 Å². The Kier molecular flexibility index (Phi) is 7.19.